The van der Waals surface area contributed by atoms with Gasteiger partial charge in [-0.1, -0.05) is 18.2 Å². The average Bonchev–Trinajstić information content (AvgIpc) is 2.73. The summed E-state index contributed by atoms with van der Waals surface area (Å²) in [6.45, 7) is 2.66. The summed E-state index contributed by atoms with van der Waals surface area (Å²) in [7, 11) is 0. The highest BCUT2D eigenvalue weighted by atomic mass is 16.7. The van der Waals surface area contributed by atoms with Crippen LogP contribution < -0.4 is 4.74 Å². The quantitative estimate of drug-likeness (QED) is 0.397. The molecule has 5 atom stereocenters. The first kappa shape index (κ1) is 21.5. The third-order valence-corrected chi connectivity index (χ3v) is 5.20. The van der Waals surface area contributed by atoms with Crippen molar-refractivity contribution in [1.82, 2.24) is 9.80 Å². The Morgan fingerprint density at radius 1 is 1.03 bits per heavy atom. The fraction of sp³-hybridized carbons (Fsp3) is 0.579. The number of amides is 2. The summed E-state index contributed by atoms with van der Waals surface area (Å²) in [6.07, 6.45) is -7.01. The molecule has 0 bridgehead atoms. The second-order valence-corrected chi connectivity index (χ2v) is 7.03. The minimum absolute atomic E-state index is 0.121. The number of aliphatic hydroxyl groups is 4. The van der Waals surface area contributed by atoms with E-state index in [1.807, 2.05) is 6.92 Å². The van der Waals surface area contributed by atoms with Crippen molar-refractivity contribution in [3.05, 3.63) is 29.8 Å². The highest BCUT2D eigenvalue weighted by molar-refractivity contribution is 6.35. The summed E-state index contributed by atoms with van der Waals surface area (Å²) < 4.78 is 11.1. The van der Waals surface area contributed by atoms with Crippen LogP contribution >= 0.6 is 0 Å². The third-order valence-electron chi connectivity index (χ3n) is 5.20. The largest absolute Gasteiger partial charge is 0.462 e. The molecule has 1 aromatic rings. The zero-order valence-corrected chi connectivity index (χ0v) is 16.0. The molecule has 3 rings (SSSR count). The number of rotatable bonds is 6. The molecule has 10 heteroatoms. The maximum atomic E-state index is 12.4. The molecule has 0 unspecified atom stereocenters. The molecule has 2 aliphatic rings. The van der Waals surface area contributed by atoms with Crippen LogP contribution in [-0.4, -0.2) is 99.0 Å². The number of para-hydroxylation sites is 1. The van der Waals surface area contributed by atoms with Crippen LogP contribution in [0.3, 0.4) is 0 Å². The van der Waals surface area contributed by atoms with E-state index in [4.69, 9.17) is 9.47 Å². The number of nitrogens with zero attached hydrogens (tertiary/aromatic N) is 2. The molecule has 29 heavy (non-hydrogen) atoms. The Morgan fingerprint density at radius 3 is 2.38 bits per heavy atom. The molecule has 2 aliphatic heterocycles. The van der Waals surface area contributed by atoms with Gasteiger partial charge in [0.25, 0.3) is 0 Å². The monoisotopic (exact) mass is 410 g/mol. The maximum absolute atomic E-state index is 12.4. The van der Waals surface area contributed by atoms with Gasteiger partial charge in [0.2, 0.25) is 6.29 Å². The van der Waals surface area contributed by atoms with Crippen LogP contribution in [0.4, 0.5) is 0 Å². The second-order valence-electron chi connectivity index (χ2n) is 7.03. The van der Waals surface area contributed by atoms with Gasteiger partial charge in [-0.05, 0) is 13.0 Å². The summed E-state index contributed by atoms with van der Waals surface area (Å²) in [5.41, 5.74) is 0.579. The molecule has 2 heterocycles. The predicted octanol–water partition coefficient (Wildman–Crippen LogP) is -1.94. The number of ether oxygens (including phenoxy) is 2. The zero-order valence-electron chi connectivity index (χ0n) is 16.0. The van der Waals surface area contributed by atoms with Gasteiger partial charge < -0.3 is 39.7 Å². The van der Waals surface area contributed by atoms with E-state index in [-0.39, 0.29) is 12.3 Å². The standard InChI is InChI=1S/C19H26N2O8/c1-2-20-7-8-21(18(27)17(20)26)9-11-5-3-4-6-12(11)28-19-16(25)15(24)14(23)13(10-22)29-19/h3-6,13-16,19,22-25H,2,7-10H2,1H3/t13-,14-,15-,16+,19-/m1/s1. The molecule has 2 saturated heterocycles. The SMILES string of the molecule is CCN1CCN(Cc2ccccc2O[C@@H]2O[C@H](CO)[C@@H](O)[C@@H](O)[C@@H]2O)C(=O)C1=O. The summed E-state index contributed by atoms with van der Waals surface area (Å²) in [6, 6.07) is 6.74. The Hall–Kier alpha value is -2.24. The van der Waals surface area contributed by atoms with Gasteiger partial charge in [-0.25, -0.2) is 0 Å². The molecule has 1 aromatic carbocycles. The number of hydrogen-bond donors (Lipinski definition) is 4. The Kier molecular flexibility index (Phi) is 6.70. The molecule has 0 spiro atoms. The zero-order chi connectivity index (χ0) is 21.1. The molecule has 0 saturated carbocycles. The summed E-state index contributed by atoms with van der Waals surface area (Å²) in [5, 5.41) is 39.3. The van der Waals surface area contributed by atoms with Crippen molar-refractivity contribution in [2.75, 3.05) is 26.2 Å². The number of carbonyl (C=O) groups excluding carboxylic acids is 2. The van der Waals surface area contributed by atoms with E-state index >= 15 is 0 Å². The lowest BCUT2D eigenvalue weighted by molar-refractivity contribution is -0.277. The number of aliphatic hydroxyl groups excluding tert-OH is 4. The van der Waals surface area contributed by atoms with E-state index < -0.39 is 49.1 Å². The highest BCUT2D eigenvalue weighted by Gasteiger charge is 2.45. The number of piperazine rings is 1. The van der Waals surface area contributed by atoms with Gasteiger partial charge in [-0.3, -0.25) is 9.59 Å². The van der Waals surface area contributed by atoms with E-state index in [0.717, 1.165) is 0 Å². The first-order chi connectivity index (χ1) is 13.9. The van der Waals surface area contributed by atoms with Crippen molar-refractivity contribution < 1.29 is 39.5 Å². The number of hydrogen-bond acceptors (Lipinski definition) is 8. The Labute approximate surface area is 167 Å². The fourth-order valence-electron chi connectivity index (χ4n) is 3.41. The lowest BCUT2D eigenvalue weighted by Crippen LogP contribution is -2.60. The molecular weight excluding hydrogens is 384 g/mol. The maximum Gasteiger partial charge on any atom is 0.312 e. The molecule has 0 aliphatic carbocycles. The summed E-state index contributed by atoms with van der Waals surface area (Å²) >= 11 is 0. The van der Waals surface area contributed by atoms with Gasteiger partial charge in [0.05, 0.1) is 6.61 Å². The number of likely N-dealkylation sites (N-methyl/N-ethyl adjacent to an activating group) is 1. The van der Waals surface area contributed by atoms with Gasteiger partial charge in [0.15, 0.2) is 0 Å². The van der Waals surface area contributed by atoms with Crippen LogP contribution in [0.15, 0.2) is 24.3 Å². The molecule has 0 radical (unpaired) electrons. The molecular formula is C19H26N2O8. The first-order valence-corrected chi connectivity index (χ1v) is 9.50. The van der Waals surface area contributed by atoms with Crippen LogP contribution in [0.5, 0.6) is 5.75 Å². The fourth-order valence-corrected chi connectivity index (χ4v) is 3.41. The van der Waals surface area contributed by atoms with E-state index in [0.29, 0.717) is 25.2 Å². The van der Waals surface area contributed by atoms with Crippen molar-refractivity contribution in [3.8, 4) is 5.75 Å². The van der Waals surface area contributed by atoms with Crippen molar-refractivity contribution in [2.45, 2.75) is 44.2 Å². The predicted molar refractivity (Wildman–Crippen MR) is 98.5 cm³/mol. The first-order valence-electron chi connectivity index (χ1n) is 9.50. The van der Waals surface area contributed by atoms with Crippen LogP contribution in [0.1, 0.15) is 12.5 Å². The van der Waals surface area contributed by atoms with Crippen molar-refractivity contribution in [3.63, 3.8) is 0 Å². The van der Waals surface area contributed by atoms with Crippen LogP contribution in [0, 0.1) is 0 Å². The minimum atomic E-state index is -1.56. The van der Waals surface area contributed by atoms with E-state index in [1.165, 1.54) is 9.80 Å². The Morgan fingerprint density at radius 2 is 1.69 bits per heavy atom. The van der Waals surface area contributed by atoms with Crippen LogP contribution in [0.25, 0.3) is 0 Å². The highest BCUT2D eigenvalue weighted by Crippen LogP contribution is 2.27. The lowest BCUT2D eigenvalue weighted by Gasteiger charge is -2.40. The number of carbonyl (C=O) groups is 2. The average molecular weight is 410 g/mol. The van der Waals surface area contributed by atoms with Gasteiger partial charge in [0.1, 0.15) is 30.2 Å². The van der Waals surface area contributed by atoms with E-state index in [2.05, 4.69) is 0 Å². The van der Waals surface area contributed by atoms with Crippen LogP contribution in [0.2, 0.25) is 0 Å². The van der Waals surface area contributed by atoms with Crippen LogP contribution in [-0.2, 0) is 20.9 Å². The van der Waals surface area contributed by atoms with E-state index in [9.17, 15) is 30.0 Å². The molecule has 10 nitrogen and oxygen atoms in total. The van der Waals surface area contributed by atoms with Crippen molar-refractivity contribution in [1.29, 1.82) is 0 Å². The summed E-state index contributed by atoms with van der Waals surface area (Å²) in [4.78, 5) is 27.4. The third kappa shape index (κ3) is 4.36. The van der Waals surface area contributed by atoms with Gasteiger partial charge in [-0.15, -0.1) is 0 Å². The molecule has 4 N–H and O–H groups in total. The Balaban J connectivity index is 1.74. The molecule has 0 aromatic heterocycles. The summed E-state index contributed by atoms with van der Waals surface area (Å²) in [5.74, 6) is -0.859. The smallest absolute Gasteiger partial charge is 0.312 e. The topological polar surface area (TPSA) is 140 Å². The Bertz CT molecular complexity index is 743. The minimum Gasteiger partial charge on any atom is -0.462 e. The van der Waals surface area contributed by atoms with E-state index in [1.54, 1.807) is 24.3 Å². The lowest BCUT2D eigenvalue weighted by atomic mass is 9.99. The molecule has 160 valence electrons. The van der Waals surface area contributed by atoms with Crippen molar-refractivity contribution >= 4 is 11.8 Å². The number of benzene rings is 1. The van der Waals surface area contributed by atoms with Gasteiger partial charge in [-0.2, -0.15) is 0 Å². The normalized spacial score (nSPS) is 30.6. The van der Waals surface area contributed by atoms with Crippen molar-refractivity contribution in [2.24, 2.45) is 0 Å². The van der Waals surface area contributed by atoms with Gasteiger partial charge >= 0.3 is 11.8 Å². The molecule has 2 amide bonds. The second kappa shape index (κ2) is 9.06. The molecule has 2 fully saturated rings. The van der Waals surface area contributed by atoms with Gasteiger partial charge in [0, 0.05) is 31.7 Å².